The number of nitrogens with two attached hydrogens (primary N) is 1. The second-order valence-corrected chi connectivity index (χ2v) is 4.41. The van der Waals surface area contributed by atoms with Gasteiger partial charge in [0.1, 0.15) is 5.75 Å². The third kappa shape index (κ3) is 5.68. The zero-order valence-electron chi connectivity index (χ0n) is 11.0. The topological polar surface area (TPSA) is 48.1 Å². The molecule has 0 bridgehead atoms. The first-order valence-corrected chi connectivity index (χ1v) is 6.59. The molecule has 1 rings (SSSR count). The van der Waals surface area contributed by atoms with Gasteiger partial charge in [0.2, 0.25) is 0 Å². The van der Waals surface area contributed by atoms with Crippen LogP contribution in [0.5, 0.6) is 5.75 Å². The zero-order chi connectivity index (χ0) is 12.5. The fraction of sp³-hybridized carbons (Fsp3) is 0.643. The summed E-state index contributed by atoms with van der Waals surface area (Å²) in [6, 6.07) is 4.19. The second kappa shape index (κ2) is 8.07. The van der Waals surface area contributed by atoms with Crippen molar-refractivity contribution < 1.29 is 4.74 Å². The van der Waals surface area contributed by atoms with Crippen molar-refractivity contribution in [3.63, 3.8) is 0 Å². The molecule has 0 aromatic carbocycles. The van der Waals surface area contributed by atoms with Crippen LogP contribution in [0.2, 0.25) is 0 Å². The van der Waals surface area contributed by atoms with Gasteiger partial charge in [-0.25, -0.2) is 0 Å². The summed E-state index contributed by atoms with van der Waals surface area (Å²) in [5.74, 6) is 0.856. The summed E-state index contributed by atoms with van der Waals surface area (Å²) in [7, 11) is 0. The van der Waals surface area contributed by atoms with Gasteiger partial charge in [-0.2, -0.15) is 0 Å². The minimum atomic E-state index is 0.207. The van der Waals surface area contributed by atoms with Crippen molar-refractivity contribution in [3.8, 4) is 5.75 Å². The van der Waals surface area contributed by atoms with Crippen molar-refractivity contribution >= 4 is 0 Å². The van der Waals surface area contributed by atoms with E-state index >= 15 is 0 Å². The van der Waals surface area contributed by atoms with E-state index in [-0.39, 0.29) is 6.04 Å². The van der Waals surface area contributed by atoms with Crippen LogP contribution in [-0.2, 0) is 6.42 Å². The Bertz CT molecular complexity index is 298. The molecule has 1 unspecified atom stereocenters. The molecule has 0 saturated heterocycles. The molecule has 0 aliphatic rings. The number of hydrogen-bond donors (Lipinski definition) is 1. The van der Waals surface area contributed by atoms with Crippen LogP contribution in [0.3, 0.4) is 0 Å². The Balaban J connectivity index is 2.34. The number of ether oxygens (including phenoxy) is 1. The maximum Gasteiger partial charge on any atom is 0.137 e. The van der Waals surface area contributed by atoms with Gasteiger partial charge in [-0.1, -0.05) is 26.7 Å². The van der Waals surface area contributed by atoms with Crippen LogP contribution in [0.1, 0.15) is 45.2 Å². The third-order valence-electron chi connectivity index (χ3n) is 2.81. The number of pyridine rings is 1. The SMILES string of the molecule is CCCCCOc1ccc(CC(N)CC)nc1. The molecular weight excluding hydrogens is 212 g/mol. The normalized spacial score (nSPS) is 12.4. The molecule has 0 aliphatic carbocycles. The van der Waals surface area contributed by atoms with Crippen molar-refractivity contribution in [2.45, 2.75) is 52.0 Å². The summed E-state index contributed by atoms with van der Waals surface area (Å²) in [6.45, 7) is 5.06. The lowest BCUT2D eigenvalue weighted by Crippen LogP contribution is -2.21. The molecule has 2 N–H and O–H groups in total. The number of hydrogen-bond acceptors (Lipinski definition) is 3. The van der Waals surface area contributed by atoms with Crippen LogP contribution >= 0.6 is 0 Å². The van der Waals surface area contributed by atoms with Gasteiger partial charge in [0.15, 0.2) is 0 Å². The molecule has 0 aliphatic heterocycles. The molecule has 3 heteroatoms. The van der Waals surface area contributed by atoms with Crippen LogP contribution in [0, 0.1) is 0 Å². The Kier molecular flexibility index (Phi) is 6.63. The van der Waals surface area contributed by atoms with Crippen LogP contribution in [0.15, 0.2) is 18.3 Å². The van der Waals surface area contributed by atoms with Crippen molar-refractivity contribution in [2.75, 3.05) is 6.61 Å². The fourth-order valence-corrected chi connectivity index (χ4v) is 1.57. The van der Waals surface area contributed by atoms with Gasteiger partial charge < -0.3 is 10.5 Å². The summed E-state index contributed by atoms with van der Waals surface area (Å²) in [4.78, 5) is 4.36. The van der Waals surface area contributed by atoms with Gasteiger partial charge in [0, 0.05) is 18.2 Å². The Morgan fingerprint density at radius 2 is 2.12 bits per heavy atom. The smallest absolute Gasteiger partial charge is 0.137 e. The first-order valence-electron chi connectivity index (χ1n) is 6.59. The monoisotopic (exact) mass is 236 g/mol. The molecule has 0 amide bonds. The van der Waals surface area contributed by atoms with E-state index in [4.69, 9.17) is 10.5 Å². The molecule has 96 valence electrons. The van der Waals surface area contributed by atoms with Gasteiger partial charge in [0.05, 0.1) is 12.8 Å². The van der Waals surface area contributed by atoms with Gasteiger partial charge in [0.25, 0.3) is 0 Å². The van der Waals surface area contributed by atoms with E-state index in [1.54, 1.807) is 6.20 Å². The van der Waals surface area contributed by atoms with Crippen molar-refractivity contribution in [1.82, 2.24) is 4.98 Å². The molecule has 3 nitrogen and oxygen atoms in total. The van der Waals surface area contributed by atoms with E-state index in [0.29, 0.717) is 0 Å². The molecular formula is C14H24N2O. The van der Waals surface area contributed by atoms with E-state index in [1.807, 2.05) is 12.1 Å². The van der Waals surface area contributed by atoms with E-state index in [9.17, 15) is 0 Å². The predicted octanol–water partition coefficient (Wildman–Crippen LogP) is 2.93. The minimum Gasteiger partial charge on any atom is -0.492 e. The Hall–Kier alpha value is -1.09. The van der Waals surface area contributed by atoms with Gasteiger partial charge in [-0.05, 0) is 25.0 Å². The molecule has 17 heavy (non-hydrogen) atoms. The molecule has 1 heterocycles. The largest absolute Gasteiger partial charge is 0.492 e. The highest BCUT2D eigenvalue weighted by Gasteiger charge is 2.02. The van der Waals surface area contributed by atoms with Gasteiger partial charge >= 0.3 is 0 Å². The summed E-state index contributed by atoms with van der Waals surface area (Å²) >= 11 is 0. The van der Waals surface area contributed by atoms with E-state index in [2.05, 4.69) is 18.8 Å². The average Bonchev–Trinajstić information content (AvgIpc) is 2.36. The molecule has 0 fully saturated rings. The maximum atomic E-state index is 5.89. The minimum absolute atomic E-state index is 0.207. The van der Waals surface area contributed by atoms with Crippen LogP contribution in [0.4, 0.5) is 0 Å². The second-order valence-electron chi connectivity index (χ2n) is 4.41. The van der Waals surface area contributed by atoms with Gasteiger partial charge in [-0.3, -0.25) is 4.98 Å². The molecule has 0 radical (unpaired) electrons. The van der Waals surface area contributed by atoms with Crippen LogP contribution in [0.25, 0.3) is 0 Å². The lowest BCUT2D eigenvalue weighted by atomic mass is 10.1. The Morgan fingerprint density at radius 3 is 2.71 bits per heavy atom. The number of rotatable bonds is 8. The van der Waals surface area contributed by atoms with Crippen LogP contribution < -0.4 is 10.5 Å². The summed E-state index contributed by atoms with van der Waals surface area (Å²) < 4.78 is 5.60. The Morgan fingerprint density at radius 1 is 1.29 bits per heavy atom. The predicted molar refractivity (Wildman–Crippen MR) is 71.2 cm³/mol. The molecule has 1 atom stereocenters. The lowest BCUT2D eigenvalue weighted by molar-refractivity contribution is 0.305. The van der Waals surface area contributed by atoms with E-state index < -0.39 is 0 Å². The number of nitrogens with zero attached hydrogens (tertiary/aromatic N) is 1. The van der Waals surface area contributed by atoms with Crippen molar-refractivity contribution in [3.05, 3.63) is 24.0 Å². The molecule has 1 aromatic heterocycles. The number of unbranched alkanes of at least 4 members (excludes halogenated alkanes) is 2. The quantitative estimate of drug-likeness (QED) is 0.706. The Labute approximate surface area is 104 Å². The highest BCUT2D eigenvalue weighted by Crippen LogP contribution is 2.11. The molecule has 0 saturated carbocycles. The highest BCUT2D eigenvalue weighted by molar-refractivity contribution is 5.20. The summed E-state index contributed by atoms with van der Waals surface area (Å²) in [6.07, 6.45) is 7.17. The molecule has 0 spiro atoms. The average molecular weight is 236 g/mol. The summed E-state index contributed by atoms with van der Waals surface area (Å²) in [5.41, 5.74) is 6.93. The van der Waals surface area contributed by atoms with Gasteiger partial charge in [-0.15, -0.1) is 0 Å². The summed E-state index contributed by atoms with van der Waals surface area (Å²) in [5, 5.41) is 0. The van der Waals surface area contributed by atoms with Crippen molar-refractivity contribution in [1.29, 1.82) is 0 Å². The lowest BCUT2D eigenvalue weighted by Gasteiger charge is -2.09. The first kappa shape index (κ1) is 14.0. The van der Waals surface area contributed by atoms with E-state index in [0.717, 1.165) is 37.3 Å². The van der Waals surface area contributed by atoms with Crippen LogP contribution in [-0.4, -0.2) is 17.6 Å². The fourth-order valence-electron chi connectivity index (χ4n) is 1.57. The zero-order valence-corrected chi connectivity index (χ0v) is 11.0. The molecule has 1 aromatic rings. The third-order valence-corrected chi connectivity index (χ3v) is 2.81. The maximum absolute atomic E-state index is 5.89. The number of aromatic nitrogens is 1. The van der Waals surface area contributed by atoms with E-state index in [1.165, 1.54) is 12.8 Å². The first-order chi connectivity index (χ1) is 8.26. The highest BCUT2D eigenvalue weighted by atomic mass is 16.5. The van der Waals surface area contributed by atoms with Crippen molar-refractivity contribution in [2.24, 2.45) is 5.73 Å². The standard InChI is InChI=1S/C14H24N2O/c1-3-5-6-9-17-14-8-7-13(16-11-14)10-12(15)4-2/h7-8,11-12H,3-6,9-10,15H2,1-2H3.